The lowest BCUT2D eigenvalue weighted by Gasteiger charge is -2.15. The van der Waals surface area contributed by atoms with Crippen LogP contribution in [0.4, 0.5) is 17.6 Å². The van der Waals surface area contributed by atoms with E-state index in [9.17, 15) is 17.6 Å². The minimum absolute atomic E-state index is 0.00354. The molecule has 7 heteroatoms. The van der Waals surface area contributed by atoms with E-state index in [4.69, 9.17) is 16.3 Å². The number of aliphatic imine (C=N–C) groups is 1. The number of ether oxygens (including phenoxy) is 1. The maximum atomic E-state index is 13.7. The zero-order valence-electron chi connectivity index (χ0n) is 11.6. The molecule has 1 unspecified atom stereocenters. The molecule has 120 valence electrons. The zero-order valence-corrected chi connectivity index (χ0v) is 12.3. The second kappa shape index (κ2) is 5.85. The van der Waals surface area contributed by atoms with E-state index in [0.717, 1.165) is 6.07 Å². The smallest absolute Gasteiger partial charge is 0.416 e. The van der Waals surface area contributed by atoms with Gasteiger partial charge in [-0.15, -0.1) is 0 Å². The molecule has 3 rings (SSSR count). The minimum atomic E-state index is -4.56. The molecule has 0 saturated heterocycles. The second-order valence-electron chi connectivity index (χ2n) is 4.97. The van der Waals surface area contributed by atoms with Crippen molar-refractivity contribution >= 4 is 17.5 Å². The van der Waals surface area contributed by atoms with Crippen LogP contribution >= 0.6 is 11.6 Å². The molecule has 0 amide bonds. The molecule has 0 aromatic heterocycles. The van der Waals surface area contributed by atoms with Gasteiger partial charge in [0.05, 0.1) is 11.1 Å². The summed E-state index contributed by atoms with van der Waals surface area (Å²) in [6.07, 6.45) is -4.56. The molecule has 1 heterocycles. The number of benzene rings is 2. The highest BCUT2D eigenvalue weighted by atomic mass is 35.5. The molecule has 0 bridgehead atoms. The highest BCUT2D eigenvalue weighted by Crippen LogP contribution is 2.38. The summed E-state index contributed by atoms with van der Waals surface area (Å²) in [6.45, 7) is -0.0889. The van der Waals surface area contributed by atoms with Gasteiger partial charge in [-0.2, -0.15) is 13.2 Å². The predicted molar refractivity (Wildman–Crippen MR) is 78.1 cm³/mol. The van der Waals surface area contributed by atoms with Crippen LogP contribution in [0.3, 0.4) is 0 Å². The predicted octanol–water partition coefficient (Wildman–Crippen LogP) is 5.02. The highest BCUT2D eigenvalue weighted by Gasteiger charge is 2.37. The standard InChI is InChI=1S/C16H10ClF4NO/c17-9-5-6-10(12(7-9)16(19,20)21)14-8-23-15(22-14)11-3-1-2-4-13(11)18/h1-7,14H,8H2. The van der Waals surface area contributed by atoms with E-state index >= 15 is 0 Å². The van der Waals surface area contributed by atoms with Crippen molar-refractivity contribution in [2.45, 2.75) is 12.2 Å². The van der Waals surface area contributed by atoms with Gasteiger partial charge in [0.1, 0.15) is 18.5 Å². The Kier molecular flexibility index (Phi) is 4.02. The van der Waals surface area contributed by atoms with Gasteiger partial charge in [0.2, 0.25) is 5.90 Å². The maximum Gasteiger partial charge on any atom is 0.416 e. The van der Waals surface area contributed by atoms with E-state index < -0.39 is 23.6 Å². The Bertz CT molecular complexity index is 773. The number of halogens is 5. The van der Waals surface area contributed by atoms with E-state index in [1.54, 1.807) is 6.07 Å². The number of nitrogens with zero attached hydrogens (tertiary/aromatic N) is 1. The fourth-order valence-corrected chi connectivity index (χ4v) is 2.55. The third kappa shape index (κ3) is 3.17. The Morgan fingerprint density at radius 1 is 1.13 bits per heavy atom. The van der Waals surface area contributed by atoms with Crippen LogP contribution in [0.25, 0.3) is 0 Å². The molecule has 0 fully saturated rings. The molecule has 0 spiro atoms. The summed E-state index contributed by atoms with van der Waals surface area (Å²) in [5, 5.41) is -0.0155. The van der Waals surface area contributed by atoms with Crippen LogP contribution in [-0.4, -0.2) is 12.5 Å². The first-order chi connectivity index (χ1) is 10.9. The number of alkyl halides is 3. The van der Waals surface area contributed by atoms with E-state index in [1.807, 2.05) is 0 Å². The lowest BCUT2D eigenvalue weighted by atomic mass is 10.0. The molecule has 1 aliphatic heterocycles. The van der Waals surface area contributed by atoms with Crippen molar-refractivity contribution in [1.29, 1.82) is 0 Å². The summed E-state index contributed by atoms with van der Waals surface area (Å²) in [7, 11) is 0. The summed E-state index contributed by atoms with van der Waals surface area (Å²) >= 11 is 5.66. The summed E-state index contributed by atoms with van der Waals surface area (Å²) in [4.78, 5) is 4.10. The largest absolute Gasteiger partial charge is 0.475 e. The lowest BCUT2D eigenvalue weighted by molar-refractivity contribution is -0.138. The molecule has 2 nitrogen and oxygen atoms in total. The number of hydrogen-bond donors (Lipinski definition) is 0. The van der Waals surface area contributed by atoms with Crippen LogP contribution in [0.15, 0.2) is 47.5 Å². The Balaban J connectivity index is 2.00. The number of hydrogen-bond acceptors (Lipinski definition) is 2. The van der Waals surface area contributed by atoms with Crippen molar-refractivity contribution in [1.82, 2.24) is 0 Å². The van der Waals surface area contributed by atoms with Gasteiger partial charge in [0.25, 0.3) is 0 Å². The Morgan fingerprint density at radius 3 is 2.57 bits per heavy atom. The molecule has 0 aliphatic carbocycles. The van der Waals surface area contributed by atoms with Gasteiger partial charge in [0, 0.05) is 5.02 Å². The molecule has 0 N–H and O–H groups in total. The van der Waals surface area contributed by atoms with E-state index in [1.165, 1.54) is 30.3 Å². The van der Waals surface area contributed by atoms with Gasteiger partial charge in [-0.25, -0.2) is 9.38 Å². The Morgan fingerprint density at radius 2 is 1.87 bits per heavy atom. The molecule has 2 aromatic carbocycles. The van der Waals surface area contributed by atoms with Crippen LogP contribution in [-0.2, 0) is 10.9 Å². The van der Waals surface area contributed by atoms with Gasteiger partial charge in [0.15, 0.2) is 0 Å². The lowest BCUT2D eigenvalue weighted by Crippen LogP contribution is -2.12. The minimum Gasteiger partial charge on any atom is -0.475 e. The van der Waals surface area contributed by atoms with Gasteiger partial charge >= 0.3 is 6.18 Å². The SMILES string of the molecule is Fc1ccccc1C1=NC(c2ccc(Cl)cc2C(F)(F)F)CO1. The van der Waals surface area contributed by atoms with Crippen LogP contribution in [0.5, 0.6) is 0 Å². The molecule has 23 heavy (non-hydrogen) atoms. The van der Waals surface area contributed by atoms with E-state index in [2.05, 4.69) is 4.99 Å². The second-order valence-corrected chi connectivity index (χ2v) is 5.41. The fraction of sp³-hybridized carbons (Fsp3) is 0.188. The molecular weight excluding hydrogens is 334 g/mol. The van der Waals surface area contributed by atoms with Crippen LogP contribution in [0.2, 0.25) is 5.02 Å². The van der Waals surface area contributed by atoms with Crippen molar-refractivity contribution in [3.05, 3.63) is 70.0 Å². The van der Waals surface area contributed by atoms with Crippen molar-refractivity contribution < 1.29 is 22.3 Å². The topological polar surface area (TPSA) is 21.6 Å². The molecule has 0 radical (unpaired) electrons. The first kappa shape index (κ1) is 15.8. The average molecular weight is 344 g/mol. The molecule has 1 atom stereocenters. The third-order valence-electron chi connectivity index (χ3n) is 3.44. The van der Waals surface area contributed by atoms with Gasteiger partial charge in [-0.1, -0.05) is 29.8 Å². The first-order valence-electron chi connectivity index (χ1n) is 6.68. The van der Waals surface area contributed by atoms with Crippen molar-refractivity contribution in [2.75, 3.05) is 6.61 Å². The van der Waals surface area contributed by atoms with Crippen LogP contribution in [0, 0.1) is 5.82 Å². The third-order valence-corrected chi connectivity index (χ3v) is 3.67. The molecule has 2 aromatic rings. The van der Waals surface area contributed by atoms with Crippen LogP contribution in [0.1, 0.15) is 22.7 Å². The van der Waals surface area contributed by atoms with Crippen molar-refractivity contribution in [2.24, 2.45) is 4.99 Å². The van der Waals surface area contributed by atoms with E-state index in [0.29, 0.717) is 0 Å². The van der Waals surface area contributed by atoms with Crippen molar-refractivity contribution in [3.8, 4) is 0 Å². The average Bonchev–Trinajstić information content (AvgIpc) is 2.96. The van der Waals surface area contributed by atoms with Gasteiger partial charge in [-0.05, 0) is 29.8 Å². The summed E-state index contributed by atoms with van der Waals surface area (Å²) in [5.74, 6) is -0.546. The normalized spacial score (nSPS) is 17.8. The first-order valence-corrected chi connectivity index (χ1v) is 7.06. The van der Waals surface area contributed by atoms with Crippen LogP contribution < -0.4 is 0 Å². The molecule has 1 aliphatic rings. The molecule has 0 saturated carbocycles. The van der Waals surface area contributed by atoms with Crippen molar-refractivity contribution in [3.63, 3.8) is 0 Å². The highest BCUT2D eigenvalue weighted by molar-refractivity contribution is 6.30. The fourth-order valence-electron chi connectivity index (χ4n) is 2.38. The molecular formula is C16H10ClF4NO. The zero-order chi connectivity index (χ0) is 16.6. The summed E-state index contributed by atoms with van der Waals surface area (Å²) in [5.41, 5.74) is -0.789. The van der Waals surface area contributed by atoms with E-state index in [-0.39, 0.29) is 28.7 Å². The summed E-state index contributed by atoms with van der Waals surface area (Å²) < 4.78 is 58.5. The van der Waals surface area contributed by atoms with Gasteiger partial charge in [-0.3, -0.25) is 0 Å². The maximum absolute atomic E-state index is 13.7. The quantitative estimate of drug-likeness (QED) is 0.702. The monoisotopic (exact) mass is 343 g/mol. The Hall–Kier alpha value is -2.08. The Labute approximate surface area is 134 Å². The number of rotatable bonds is 2. The summed E-state index contributed by atoms with van der Waals surface area (Å²) in [6, 6.07) is 8.43. The van der Waals surface area contributed by atoms with Gasteiger partial charge < -0.3 is 4.74 Å².